The lowest BCUT2D eigenvalue weighted by atomic mass is 10.1. The largest absolute Gasteiger partial charge is 0.324 e. The molecule has 2 heterocycles. The van der Waals surface area contributed by atoms with Crippen LogP contribution in [0.1, 0.15) is 11.1 Å². The van der Waals surface area contributed by atoms with Gasteiger partial charge in [0, 0.05) is 46.1 Å². The second-order valence-electron chi connectivity index (χ2n) is 7.01. The molecule has 0 fully saturated rings. The number of hydrogen-bond acceptors (Lipinski definition) is 5. The van der Waals surface area contributed by atoms with E-state index in [1.807, 2.05) is 67.6 Å². The highest BCUT2D eigenvalue weighted by Crippen LogP contribution is 2.24. The summed E-state index contributed by atoms with van der Waals surface area (Å²) < 4.78 is 0.930. The molecule has 6 nitrogen and oxygen atoms in total. The summed E-state index contributed by atoms with van der Waals surface area (Å²) in [6.07, 6.45) is 8.46. The van der Waals surface area contributed by atoms with Crippen LogP contribution in [0.2, 0.25) is 0 Å². The van der Waals surface area contributed by atoms with Crippen LogP contribution in [0, 0.1) is 6.92 Å². The molecule has 0 saturated heterocycles. The first-order chi connectivity index (χ1) is 15.6. The van der Waals surface area contributed by atoms with Crippen LogP contribution in [0.5, 0.6) is 0 Å². The Morgan fingerprint density at radius 2 is 1.91 bits per heavy atom. The minimum Gasteiger partial charge on any atom is -0.324 e. The van der Waals surface area contributed by atoms with Gasteiger partial charge in [-0.25, -0.2) is 9.97 Å². The summed E-state index contributed by atoms with van der Waals surface area (Å²) in [6.45, 7) is 1.98. The molecule has 2 N–H and O–H groups in total. The molecule has 158 valence electrons. The van der Waals surface area contributed by atoms with Crippen LogP contribution < -0.4 is 10.6 Å². The van der Waals surface area contributed by atoms with Gasteiger partial charge in [0.1, 0.15) is 0 Å². The molecule has 32 heavy (non-hydrogen) atoms. The molecule has 4 aromatic rings. The third-order valence-electron chi connectivity index (χ3n) is 4.68. The molecular weight excluding hydrogens is 466 g/mol. The Morgan fingerprint density at radius 1 is 1.03 bits per heavy atom. The molecule has 0 atom stereocenters. The average molecular weight is 486 g/mol. The third-order valence-corrected chi connectivity index (χ3v) is 5.41. The normalized spacial score (nSPS) is 10.8. The first-order valence-corrected chi connectivity index (χ1v) is 10.7. The van der Waals surface area contributed by atoms with Crippen molar-refractivity contribution in [2.75, 3.05) is 10.6 Å². The van der Waals surface area contributed by atoms with Crippen LogP contribution in [-0.2, 0) is 4.79 Å². The van der Waals surface area contributed by atoms with Gasteiger partial charge in [0.05, 0.1) is 5.69 Å². The Labute approximate surface area is 194 Å². The van der Waals surface area contributed by atoms with Crippen molar-refractivity contribution in [2.24, 2.45) is 0 Å². The molecule has 4 rings (SSSR count). The Kier molecular flexibility index (Phi) is 6.67. The molecule has 0 aliphatic rings. The summed E-state index contributed by atoms with van der Waals surface area (Å²) in [5.41, 5.74) is 5.09. The highest BCUT2D eigenvalue weighted by atomic mass is 79.9. The average Bonchev–Trinajstić information content (AvgIpc) is 2.81. The molecule has 0 unspecified atom stereocenters. The number of aromatic nitrogens is 3. The van der Waals surface area contributed by atoms with Crippen LogP contribution in [0.25, 0.3) is 17.3 Å². The maximum absolute atomic E-state index is 12.4. The Bertz CT molecular complexity index is 1270. The number of nitrogens with one attached hydrogen (secondary N) is 2. The van der Waals surface area contributed by atoms with Crippen LogP contribution >= 0.6 is 15.9 Å². The van der Waals surface area contributed by atoms with E-state index in [-0.39, 0.29) is 5.91 Å². The predicted octanol–water partition coefficient (Wildman–Crippen LogP) is 6.01. The van der Waals surface area contributed by atoms with E-state index >= 15 is 0 Å². The lowest BCUT2D eigenvalue weighted by molar-refractivity contribution is -0.111. The fraction of sp³-hybridized carbons (Fsp3) is 0.0400. The van der Waals surface area contributed by atoms with Crippen molar-refractivity contribution in [1.29, 1.82) is 0 Å². The van der Waals surface area contributed by atoms with Crippen molar-refractivity contribution in [2.45, 2.75) is 6.92 Å². The number of nitrogens with zero attached hydrogens (tertiary/aromatic N) is 3. The lowest BCUT2D eigenvalue weighted by Crippen LogP contribution is -2.08. The number of anilines is 3. The Hall–Kier alpha value is -3.84. The number of rotatable bonds is 6. The first-order valence-electron chi connectivity index (χ1n) is 9.93. The van der Waals surface area contributed by atoms with Crippen molar-refractivity contribution >= 4 is 45.2 Å². The summed E-state index contributed by atoms with van der Waals surface area (Å²) in [4.78, 5) is 25.4. The number of benzene rings is 2. The summed E-state index contributed by atoms with van der Waals surface area (Å²) in [7, 11) is 0. The van der Waals surface area contributed by atoms with E-state index in [9.17, 15) is 4.79 Å². The minimum atomic E-state index is -0.217. The molecule has 0 bridgehead atoms. The van der Waals surface area contributed by atoms with Crippen LogP contribution in [0.3, 0.4) is 0 Å². The highest BCUT2D eigenvalue weighted by molar-refractivity contribution is 9.10. The molecule has 0 spiro atoms. The molecule has 0 radical (unpaired) electrons. The van der Waals surface area contributed by atoms with Crippen molar-refractivity contribution in [3.05, 3.63) is 101 Å². The molecular formula is C25H20BrN5O. The van der Waals surface area contributed by atoms with Crippen LogP contribution in [0.4, 0.5) is 17.3 Å². The van der Waals surface area contributed by atoms with E-state index in [1.54, 1.807) is 24.7 Å². The Morgan fingerprint density at radius 3 is 2.72 bits per heavy atom. The van der Waals surface area contributed by atoms with Gasteiger partial charge in [-0.2, -0.15) is 0 Å². The van der Waals surface area contributed by atoms with Crippen molar-refractivity contribution in [3.8, 4) is 11.3 Å². The van der Waals surface area contributed by atoms with Gasteiger partial charge in [0.2, 0.25) is 11.9 Å². The molecule has 1 amide bonds. The lowest BCUT2D eigenvalue weighted by Gasteiger charge is -2.11. The van der Waals surface area contributed by atoms with Crippen molar-refractivity contribution in [1.82, 2.24) is 15.0 Å². The smallest absolute Gasteiger partial charge is 0.248 e. The van der Waals surface area contributed by atoms with E-state index in [0.29, 0.717) is 11.6 Å². The zero-order chi connectivity index (χ0) is 22.3. The standard InChI is InChI=1S/C25H20BrN5O/c1-17-8-10-20(29-24(32)11-9-18-5-2-3-7-21(18)26)15-23(17)31-25-28-14-12-22(30-25)19-6-4-13-27-16-19/h2-16H,1H3,(H,29,32)(H,28,30,31)/b11-9+. The topological polar surface area (TPSA) is 79.8 Å². The quantitative estimate of drug-likeness (QED) is 0.327. The van der Waals surface area contributed by atoms with Crippen molar-refractivity contribution in [3.63, 3.8) is 0 Å². The minimum absolute atomic E-state index is 0.217. The maximum atomic E-state index is 12.4. The maximum Gasteiger partial charge on any atom is 0.248 e. The van der Waals surface area contributed by atoms with E-state index in [4.69, 9.17) is 0 Å². The second-order valence-corrected chi connectivity index (χ2v) is 7.86. The molecule has 2 aromatic carbocycles. The fourth-order valence-corrected chi connectivity index (χ4v) is 3.43. The molecule has 0 saturated carbocycles. The van der Waals surface area contributed by atoms with E-state index in [2.05, 4.69) is 41.5 Å². The highest BCUT2D eigenvalue weighted by Gasteiger charge is 2.07. The summed E-state index contributed by atoms with van der Waals surface area (Å²) >= 11 is 3.48. The van der Waals surface area contributed by atoms with Gasteiger partial charge in [0.25, 0.3) is 0 Å². The van der Waals surface area contributed by atoms with Crippen molar-refractivity contribution < 1.29 is 4.79 Å². The predicted molar refractivity (Wildman–Crippen MR) is 132 cm³/mol. The van der Waals surface area contributed by atoms with E-state index in [1.165, 1.54) is 6.08 Å². The van der Waals surface area contributed by atoms with Gasteiger partial charge in [-0.1, -0.05) is 40.2 Å². The van der Waals surface area contributed by atoms with Crippen LogP contribution in [-0.4, -0.2) is 20.9 Å². The molecule has 0 aliphatic heterocycles. The van der Waals surface area contributed by atoms with Crippen LogP contribution in [0.15, 0.2) is 89.8 Å². The number of carbonyl (C=O) groups excluding carboxylic acids is 1. The monoisotopic (exact) mass is 485 g/mol. The second kappa shape index (κ2) is 9.98. The fourth-order valence-electron chi connectivity index (χ4n) is 3.01. The third kappa shape index (κ3) is 5.44. The number of aryl methyl sites for hydroxylation is 1. The number of amides is 1. The van der Waals surface area contributed by atoms with E-state index < -0.39 is 0 Å². The summed E-state index contributed by atoms with van der Waals surface area (Å²) in [6, 6.07) is 19.0. The number of halogens is 1. The van der Waals surface area contributed by atoms with Gasteiger partial charge < -0.3 is 10.6 Å². The summed E-state index contributed by atoms with van der Waals surface area (Å²) in [5, 5.41) is 6.14. The van der Waals surface area contributed by atoms with Gasteiger partial charge >= 0.3 is 0 Å². The molecule has 2 aromatic heterocycles. The molecule has 0 aliphatic carbocycles. The Balaban J connectivity index is 1.49. The number of pyridine rings is 1. The van der Waals surface area contributed by atoms with Gasteiger partial charge in [-0.15, -0.1) is 0 Å². The van der Waals surface area contributed by atoms with E-state index in [0.717, 1.165) is 32.5 Å². The van der Waals surface area contributed by atoms with Gasteiger partial charge in [-0.3, -0.25) is 9.78 Å². The summed E-state index contributed by atoms with van der Waals surface area (Å²) in [5.74, 6) is 0.247. The SMILES string of the molecule is Cc1ccc(NC(=O)/C=C/c2ccccc2Br)cc1Nc1nccc(-c2cccnc2)n1. The first kappa shape index (κ1) is 21.4. The number of hydrogen-bond donors (Lipinski definition) is 2. The van der Waals surface area contributed by atoms with Gasteiger partial charge in [-0.05, 0) is 60.5 Å². The molecule has 7 heteroatoms. The zero-order valence-electron chi connectivity index (χ0n) is 17.3. The van der Waals surface area contributed by atoms with Gasteiger partial charge in [0.15, 0.2) is 0 Å². The zero-order valence-corrected chi connectivity index (χ0v) is 18.9. The number of carbonyl (C=O) groups is 1.